The molecule has 1 saturated heterocycles. The van der Waals surface area contributed by atoms with Crippen LogP contribution in [-0.2, 0) is 4.79 Å². The van der Waals surface area contributed by atoms with Gasteiger partial charge < -0.3 is 15.5 Å². The van der Waals surface area contributed by atoms with Crippen LogP contribution in [0.2, 0.25) is 0 Å². The number of hydrogen-bond acceptors (Lipinski definition) is 4. The summed E-state index contributed by atoms with van der Waals surface area (Å²) < 4.78 is 0. The average Bonchev–Trinajstić information content (AvgIpc) is 2.44. The van der Waals surface area contributed by atoms with Gasteiger partial charge in [-0.15, -0.1) is 0 Å². The number of likely N-dealkylation sites (tertiary alicyclic amines) is 1. The summed E-state index contributed by atoms with van der Waals surface area (Å²) in [6.45, 7) is 10.4. The van der Waals surface area contributed by atoms with E-state index in [0.717, 1.165) is 50.2 Å². The van der Waals surface area contributed by atoms with Crippen LogP contribution in [-0.4, -0.2) is 41.7 Å². The number of rotatable bonds is 3. The number of hydrogen-bond donors (Lipinski definition) is 1. The molecule has 5 nitrogen and oxygen atoms in total. The van der Waals surface area contributed by atoms with Gasteiger partial charge in [-0.05, 0) is 32.1 Å². The number of nitrogens with zero attached hydrogens (tertiary/aromatic N) is 3. The number of piperidine rings is 1. The SMILES string of the molecule is C=C1C(C)=C(N)N=CN1CCC1CCN(C(C)=O)CC1. The molecule has 1 fully saturated rings. The van der Waals surface area contributed by atoms with E-state index in [0.29, 0.717) is 11.7 Å². The molecule has 2 N–H and O–H groups in total. The van der Waals surface area contributed by atoms with Crippen LogP contribution in [0, 0.1) is 5.92 Å². The molecule has 0 unspecified atom stereocenters. The second kappa shape index (κ2) is 6.11. The van der Waals surface area contributed by atoms with Crippen molar-refractivity contribution in [3.63, 3.8) is 0 Å². The van der Waals surface area contributed by atoms with Crippen molar-refractivity contribution in [2.24, 2.45) is 16.6 Å². The molecule has 1 amide bonds. The third kappa shape index (κ3) is 3.21. The fraction of sp³-hybridized carbons (Fsp3) is 0.600. The van der Waals surface area contributed by atoms with Crippen LogP contribution >= 0.6 is 0 Å². The normalized spacial score (nSPS) is 20.8. The third-order valence-electron chi connectivity index (χ3n) is 4.34. The fourth-order valence-electron chi connectivity index (χ4n) is 2.71. The molecule has 0 bridgehead atoms. The lowest BCUT2D eigenvalue weighted by Crippen LogP contribution is -2.38. The zero-order valence-corrected chi connectivity index (χ0v) is 12.4. The number of amides is 1. The molecule has 5 heteroatoms. The minimum absolute atomic E-state index is 0.191. The predicted molar refractivity (Wildman–Crippen MR) is 80.8 cm³/mol. The van der Waals surface area contributed by atoms with Crippen molar-refractivity contribution >= 4 is 12.2 Å². The fourth-order valence-corrected chi connectivity index (χ4v) is 2.71. The van der Waals surface area contributed by atoms with Crippen LogP contribution in [0.1, 0.15) is 33.1 Å². The van der Waals surface area contributed by atoms with Crippen LogP contribution in [0.25, 0.3) is 0 Å². The van der Waals surface area contributed by atoms with Crippen molar-refractivity contribution in [2.75, 3.05) is 19.6 Å². The molecular weight excluding hydrogens is 252 g/mol. The van der Waals surface area contributed by atoms with Gasteiger partial charge in [-0.25, -0.2) is 4.99 Å². The first kappa shape index (κ1) is 14.6. The second-order valence-electron chi connectivity index (χ2n) is 5.63. The van der Waals surface area contributed by atoms with E-state index >= 15 is 0 Å². The minimum Gasteiger partial charge on any atom is -0.383 e. The standard InChI is InChI=1S/C15H24N4O/c1-11-12(2)19(10-17-15(11)16)9-6-14-4-7-18(8-5-14)13(3)20/h10,14H,2,4-9,16H2,1,3H3. The lowest BCUT2D eigenvalue weighted by atomic mass is 9.93. The summed E-state index contributed by atoms with van der Waals surface area (Å²) >= 11 is 0. The van der Waals surface area contributed by atoms with E-state index in [2.05, 4.69) is 16.5 Å². The minimum atomic E-state index is 0.191. The zero-order chi connectivity index (χ0) is 14.7. The summed E-state index contributed by atoms with van der Waals surface area (Å²) in [6.07, 6.45) is 5.06. The van der Waals surface area contributed by atoms with E-state index in [1.165, 1.54) is 0 Å². The summed E-state index contributed by atoms with van der Waals surface area (Å²) in [5, 5.41) is 0. The van der Waals surface area contributed by atoms with Crippen LogP contribution < -0.4 is 5.73 Å². The van der Waals surface area contributed by atoms with Gasteiger partial charge in [0.15, 0.2) is 0 Å². The van der Waals surface area contributed by atoms with Gasteiger partial charge in [0.2, 0.25) is 5.91 Å². The van der Waals surface area contributed by atoms with Gasteiger partial charge in [-0.1, -0.05) is 6.58 Å². The third-order valence-corrected chi connectivity index (χ3v) is 4.34. The van der Waals surface area contributed by atoms with Gasteiger partial charge in [-0.3, -0.25) is 4.79 Å². The first-order chi connectivity index (χ1) is 9.49. The highest BCUT2D eigenvalue weighted by Gasteiger charge is 2.22. The Morgan fingerprint density at radius 3 is 2.75 bits per heavy atom. The molecule has 2 aliphatic heterocycles. The van der Waals surface area contributed by atoms with Crippen LogP contribution in [0.5, 0.6) is 0 Å². The van der Waals surface area contributed by atoms with Crippen molar-refractivity contribution in [2.45, 2.75) is 33.1 Å². The molecular formula is C15H24N4O. The van der Waals surface area contributed by atoms with Gasteiger partial charge in [0.25, 0.3) is 0 Å². The Morgan fingerprint density at radius 1 is 1.50 bits per heavy atom. The lowest BCUT2D eigenvalue weighted by Gasteiger charge is -2.33. The summed E-state index contributed by atoms with van der Waals surface area (Å²) in [5.74, 6) is 1.42. The topological polar surface area (TPSA) is 61.9 Å². The highest BCUT2D eigenvalue weighted by molar-refractivity contribution is 5.73. The molecule has 2 heterocycles. The molecule has 0 aromatic heterocycles. The quantitative estimate of drug-likeness (QED) is 0.853. The summed E-state index contributed by atoms with van der Waals surface area (Å²) in [5.41, 5.74) is 7.67. The van der Waals surface area contributed by atoms with Gasteiger partial charge in [0, 0.05) is 37.8 Å². The summed E-state index contributed by atoms with van der Waals surface area (Å²) in [7, 11) is 0. The first-order valence-electron chi connectivity index (χ1n) is 7.21. The Balaban J connectivity index is 1.79. The van der Waals surface area contributed by atoms with Crippen LogP contribution in [0.15, 0.2) is 28.7 Å². The second-order valence-corrected chi connectivity index (χ2v) is 5.63. The number of allylic oxidation sites excluding steroid dienone is 1. The average molecular weight is 276 g/mol. The monoisotopic (exact) mass is 276 g/mol. The number of aliphatic imine (C=N–C) groups is 1. The Morgan fingerprint density at radius 2 is 2.15 bits per heavy atom. The molecule has 2 aliphatic rings. The number of carbonyl (C=O) groups is 1. The summed E-state index contributed by atoms with van der Waals surface area (Å²) in [6, 6.07) is 0. The van der Waals surface area contributed by atoms with Gasteiger partial charge >= 0.3 is 0 Å². The van der Waals surface area contributed by atoms with Gasteiger partial charge in [0.1, 0.15) is 5.82 Å². The maximum Gasteiger partial charge on any atom is 0.219 e. The molecule has 0 spiro atoms. The summed E-state index contributed by atoms with van der Waals surface area (Å²) in [4.78, 5) is 19.5. The predicted octanol–water partition coefficient (Wildman–Crippen LogP) is 1.68. The van der Waals surface area contributed by atoms with E-state index in [9.17, 15) is 4.79 Å². The van der Waals surface area contributed by atoms with Crippen LogP contribution in [0.4, 0.5) is 0 Å². The molecule has 0 radical (unpaired) electrons. The molecule has 110 valence electrons. The van der Waals surface area contributed by atoms with E-state index in [1.807, 2.05) is 11.8 Å². The highest BCUT2D eigenvalue weighted by atomic mass is 16.2. The molecule has 0 atom stereocenters. The van der Waals surface area contributed by atoms with Crippen molar-refractivity contribution in [1.82, 2.24) is 9.80 Å². The lowest BCUT2D eigenvalue weighted by molar-refractivity contribution is -0.130. The Bertz CT molecular complexity index is 458. The molecule has 0 aromatic rings. The molecule has 0 saturated carbocycles. The maximum absolute atomic E-state index is 11.3. The molecule has 0 aromatic carbocycles. The van der Waals surface area contributed by atoms with Crippen molar-refractivity contribution < 1.29 is 4.79 Å². The van der Waals surface area contributed by atoms with Gasteiger partial charge in [0.05, 0.1) is 6.34 Å². The molecule has 0 aliphatic carbocycles. The largest absolute Gasteiger partial charge is 0.383 e. The first-order valence-corrected chi connectivity index (χ1v) is 7.21. The zero-order valence-electron chi connectivity index (χ0n) is 12.4. The van der Waals surface area contributed by atoms with Gasteiger partial charge in [-0.2, -0.15) is 0 Å². The van der Waals surface area contributed by atoms with Crippen molar-refractivity contribution in [3.8, 4) is 0 Å². The van der Waals surface area contributed by atoms with E-state index in [1.54, 1.807) is 13.3 Å². The smallest absolute Gasteiger partial charge is 0.219 e. The molecule has 20 heavy (non-hydrogen) atoms. The Kier molecular flexibility index (Phi) is 4.47. The Hall–Kier alpha value is -1.78. The van der Waals surface area contributed by atoms with E-state index in [-0.39, 0.29) is 5.91 Å². The number of carbonyl (C=O) groups excluding carboxylic acids is 1. The highest BCUT2D eigenvalue weighted by Crippen LogP contribution is 2.24. The molecule has 2 rings (SSSR count). The van der Waals surface area contributed by atoms with E-state index < -0.39 is 0 Å². The van der Waals surface area contributed by atoms with Crippen molar-refractivity contribution in [1.29, 1.82) is 0 Å². The van der Waals surface area contributed by atoms with Crippen molar-refractivity contribution in [3.05, 3.63) is 23.7 Å². The Labute approximate surface area is 120 Å². The van der Waals surface area contributed by atoms with E-state index in [4.69, 9.17) is 5.73 Å². The van der Waals surface area contributed by atoms with Crippen LogP contribution in [0.3, 0.4) is 0 Å². The number of nitrogens with two attached hydrogens (primary N) is 1. The maximum atomic E-state index is 11.3.